The summed E-state index contributed by atoms with van der Waals surface area (Å²) in [6, 6.07) is 15.6. The highest BCUT2D eigenvalue weighted by molar-refractivity contribution is 5.91. The zero-order valence-electron chi connectivity index (χ0n) is 16.7. The summed E-state index contributed by atoms with van der Waals surface area (Å²) in [5.41, 5.74) is 7.57. The van der Waals surface area contributed by atoms with Crippen LogP contribution in [0.3, 0.4) is 0 Å². The Balaban J connectivity index is 1.77. The lowest BCUT2D eigenvalue weighted by molar-refractivity contribution is 0.112. The van der Waals surface area contributed by atoms with Crippen LogP contribution in [0.1, 0.15) is 38.3 Å². The largest absolute Gasteiger partial charge is 0.361 e. The maximum Gasteiger partial charge on any atom is 0.150 e. The van der Waals surface area contributed by atoms with Gasteiger partial charge in [-0.25, -0.2) is 0 Å². The lowest BCUT2D eigenvalue weighted by Crippen LogP contribution is -2.02. The Bertz CT molecular complexity index is 1310. The van der Waals surface area contributed by atoms with Gasteiger partial charge in [0.25, 0.3) is 0 Å². The normalized spacial score (nSPS) is 11.0. The highest BCUT2D eigenvalue weighted by atomic mass is 16.1. The Hall–Kier alpha value is -4.17. The smallest absolute Gasteiger partial charge is 0.150 e. The number of hydrogen-bond donors (Lipinski definition) is 2. The standard InChI is InChI=1S/C25H20N4O/c1-16-21-11-12-27-24(21)10-9-23(16)29-25-20(13-26)14-28-17(2)22(25)8-7-18-3-5-19(15-30)6-4-18/h3-12,14-15,27H,1-2H3,(H,28,29)/b8-7+. The van der Waals surface area contributed by atoms with Gasteiger partial charge in [0.1, 0.15) is 12.4 Å². The molecule has 0 atom stereocenters. The fourth-order valence-electron chi connectivity index (χ4n) is 3.46. The molecular formula is C25H20N4O. The summed E-state index contributed by atoms with van der Waals surface area (Å²) in [6.45, 7) is 3.98. The van der Waals surface area contributed by atoms with Gasteiger partial charge in [0.2, 0.25) is 0 Å². The predicted molar refractivity (Wildman–Crippen MR) is 121 cm³/mol. The number of hydrogen-bond acceptors (Lipinski definition) is 4. The summed E-state index contributed by atoms with van der Waals surface area (Å²) >= 11 is 0. The number of H-pyrrole nitrogens is 1. The van der Waals surface area contributed by atoms with Gasteiger partial charge in [0.05, 0.1) is 11.3 Å². The molecule has 0 aliphatic rings. The summed E-state index contributed by atoms with van der Waals surface area (Å²) in [5.74, 6) is 0. The maximum absolute atomic E-state index is 10.9. The number of nitrogens with one attached hydrogen (secondary N) is 2. The van der Waals surface area contributed by atoms with Gasteiger partial charge in [-0.15, -0.1) is 0 Å². The number of aldehydes is 1. The summed E-state index contributed by atoms with van der Waals surface area (Å²) in [5, 5.41) is 14.3. The van der Waals surface area contributed by atoms with Crippen LogP contribution in [0, 0.1) is 25.2 Å². The third-order valence-electron chi connectivity index (χ3n) is 5.21. The summed E-state index contributed by atoms with van der Waals surface area (Å²) < 4.78 is 0. The second-order valence-corrected chi connectivity index (χ2v) is 7.08. The van der Waals surface area contributed by atoms with Crippen LogP contribution in [0.4, 0.5) is 11.4 Å². The van der Waals surface area contributed by atoms with Crippen LogP contribution < -0.4 is 5.32 Å². The number of aromatic amines is 1. The first-order valence-corrected chi connectivity index (χ1v) is 9.57. The zero-order chi connectivity index (χ0) is 21.1. The Morgan fingerprint density at radius 3 is 2.53 bits per heavy atom. The fraction of sp³-hybridized carbons (Fsp3) is 0.0800. The molecule has 0 aliphatic carbocycles. The van der Waals surface area contributed by atoms with Gasteiger partial charge in [-0.1, -0.05) is 36.4 Å². The first-order chi connectivity index (χ1) is 14.6. The van der Waals surface area contributed by atoms with Gasteiger partial charge in [0.15, 0.2) is 0 Å². The average Bonchev–Trinajstić information content (AvgIpc) is 3.25. The van der Waals surface area contributed by atoms with Crippen molar-refractivity contribution in [3.8, 4) is 6.07 Å². The van der Waals surface area contributed by atoms with E-state index in [0.717, 1.165) is 50.9 Å². The Morgan fingerprint density at radius 1 is 1.03 bits per heavy atom. The van der Waals surface area contributed by atoms with Crippen molar-refractivity contribution in [1.82, 2.24) is 9.97 Å². The molecule has 2 N–H and O–H groups in total. The molecule has 0 bridgehead atoms. The number of nitrogens with zero attached hydrogens (tertiary/aromatic N) is 2. The van der Waals surface area contributed by atoms with E-state index in [1.807, 2.05) is 55.6 Å². The number of aromatic nitrogens is 2. The third kappa shape index (κ3) is 3.59. The van der Waals surface area contributed by atoms with E-state index >= 15 is 0 Å². The topological polar surface area (TPSA) is 81.6 Å². The highest BCUT2D eigenvalue weighted by Crippen LogP contribution is 2.32. The molecule has 2 aromatic heterocycles. The number of carbonyl (C=O) groups is 1. The molecule has 0 aliphatic heterocycles. The third-order valence-corrected chi connectivity index (χ3v) is 5.21. The number of anilines is 2. The molecular weight excluding hydrogens is 372 g/mol. The Kier molecular flexibility index (Phi) is 5.15. The molecule has 2 aromatic carbocycles. The van der Waals surface area contributed by atoms with E-state index in [1.54, 1.807) is 18.3 Å². The van der Waals surface area contributed by atoms with Crippen molar-refractivity contribution in [2.75, 3.05) is 5.32 Å². The van der Waals surface area contributed by atoms with E-state index in [4.69, 9.17) is 0 Å². The molecule has 4 rings (SSSR count). The van der Waals surface area contributed by atoms with Crippen molar-refractivity contribution >= 4 is 40.7 Å². The van der Waals surface area contributed by atoms with Crippen LogP contribution in [0.2, 0.25) is 0 Å². The van der Waals surface area contributed by atoms with Crippen molar-refractivity contribution in [3.63, 3.8) is 0 Å². The predicted octanol–water partition coefficient (Wildman–Crippen LogP) is 5.78. The zero-order valence-corrected chi connectivity index (χ0v) is 16.7. The number of nitriles is 1. The quantitative estimate of drug-likeness (QED) is 0.422. The number of aryl methyl sites for hydroxylation is 2. The molecule has 0 fully saturated rings. The molecule has 0 saturated carbocycles. The van der Waals surface area contributed by atoms with Crippen molar-refractivity contribution in [3.05, 3.63) is 88.4 Å². The van der Waals surface area contributed by atoms with Crippen LogP contribution in [-0.2, 0) is 0 Å². The number of benzene rings is 2. The molecule has 0 amide bonds. The van der Waals surface area contributed by atoms with E-state index in [9.17, 15) is 10.1 Å². The monoisotopic (exact) mass is 392 g/mol. The van der Waals surface area contributed by atoms with Crippen molar-refractivity contribution in [2.45, 2.75) is 13.8 Å². The summed E-state index contributed by atoms with van der Waals surface area (Å²) in [7, 11) is 0. The van der Waals surface area contributed by atoms with E-state index in [1.165, 1.54) is 0 Å². The van der Waals surface area contributed by atoms with Gasteiger partial charge >= 0.3 is 0 Å². The first kappa shape index (κ1) is 19.2. The second-order valence-electron chi connectivity index (χ2n) is 7.08. The van der Waals surface area contributed by atoms with Gasteiger partial charge < -0.3 is 10.3 Å². The van der Waals surface area contributed by atoms with Crippen LogP contribution in [0.15, 0.2) is 54.9 Å². The van der Waals surface area contributed by atoms with E-state index < -0.39 is 0 Å². The SMILES string of the molecule is Cc1ncc(C#N)c(Nc2ccc3[nH]ccc3c2C)c1/C=C/c1ccc(C=O)cc1. The molecule has 4 aromatic rings. The summed E-state index contributed by atoms with van der Waals surface area (Å²) in [6.07, 6.45) is 8.24. The van der Waals surface area contributed by atoms with Gasteiger partial charge in [-0.3, -0.25) is 9.78 Å². The van der Waals surface area contributed by atoms with Gasteiger partial charge in [-0.2, -0.15) is 5.26 Å². The van der Waals surface area contributed by atoms with Gasteiger partial charge in [-0.05, 0) is 43.2 Å². The van der Waals surface area contributed by atoms with E-state index in [-0.39, 0.29) is 0 Å². The highest BCUT2D eigenvalue weighted by Gasteiger charge is 2.13. The minimum atomic E-state index is 0.477. The molecule has 0 saturated heterocycles. The molecule has 30 heavy (non-hydrogen) atoms. The molecule has 0 radical (unpaired) electrons. The Labute approximate surface area is 174 Å². The van der Waals surface area contributed by atoms with Crippen LogP contribution >= 0.6 is 0 Å². The minimum absolute atomic E-state index is 0.477. The number of rotatable bonds is 5. The average molecular weight is 392 g/mol. The minimum Gasteiger partial charge on any atom is -0.361 e. The van der Waals surface area contributed by atoms with E-state index in [2.05, 4.69) is 28.3 Å². The lowest BCUT2D eigenvalue weighted by atomic mass is 10.0. The van der Waals surface area contributed by atoms with Gasteiger partial charge in [0, 0.05) is 45.8 Å². The van der Waals surface area contributed by atoms with Crippen LogP contribution in [0.5, 0.6) is 0 Å². The number of pyridine rings is 1. The lowest BCUT2D eigenvalue weighted by Gasteiger charge is -2.16. The van der Waals surface area contributed by atoms with Crippen molar-refractivity contribution in [1.29, 1.82) is 5.26 Å². The number of fused-ring (bicyclic) bond motifs is 1. The van der Waals surface area contributed by atoms with E-state index in [0.29, 0.717) is 11.1 Å². The first-order valence-electron chi connectivity index (χ1n) is 9.57. The molecule has 5 heteroatoms. The molecule has 0 spiro atoms. The fourth-order valence-corrected chi connectivity index (χ4v) is 3.46. The van der Waals surface area contributed by atoms with Crippen LogP contribution in [-0.4, -0.2) is 16.3 Å². The second kappa shape index (κ2) is 8.06. The van der Waals surface area contributed by atoms with Crippen molar-refractivity contribution in [2.24, 2.45) is 0 Å². The maximum atomic E-state index is 10.9. The molecule has 2 heterocycles. The Morgan fingerprint density at radius 2 is 1.80 bits per heavy atom. The molecule has 5 nitrogen and oxygen atoms in total. The van der Waals surface area contributed by atoms with Crippen LogP contribution in [0.25, 0.3) is 23.1 Å². The molecule has 0 unspecified atom stereocenters. The van der Waals surface area contributed by atoms with Crippen molar-refractivity contribution < 1.29 is 4.79 Å². The number of carbonyl (C=O) groups excluding carboxylic acids is 1. The summed E-state index contributed by atoms with van der Waals surface area (Å²) in [4.78, 5) is 18.5. The molecule has 146 valence electrons.